The molecule has 0 radical (unpaired) electrons. The third-order valence-corrected chi connectivity index (χ3v) is 1.97. The molecule has 3 heteroatoms. The van der Waals surface area contributed by atoms with Crippen LogP contribution in [0.25, 0.3) is 0 Å². The number of nitrogens with zero attached hydrogens (tertiary/aromatic N) is 1. The highest BCUT2D eigenvalue weighted by molar-refractivity contribution is 6.21. The number of rotatable bonds is 3. The predicted molar refractivity (Wildman–Crippen MR) is 61.2 cm³/mol. The maximum atomic E-state index is 11.5. The molecule has 1 aliphatic heterocycles. The van der Waals surface area contributed by atoms with Crippen molar-refractivity contribution in [2.75, 3.05) is 6.54 Å². The molecule has 0 saturated heterocycles. The molecule has 1 heterocycles. The van der Waals surface area contributed by atoms with Crippen LogP contribution in [0.2, 0.25) is 0 Å². The van der Waals surface area contributed by atoms with E-state index >= 15 is 0 Å². The minimum Gasteiger partial charge on any atom is -0.275 e. The van der Waals surface area contributed by atoms with E-state index in [0.717, 1.165) is 0 Å². The van der Waals surface area contributed by atoms with E-state index in [-0.39, 0.29) is 11.8 Å². The molecule has 2 amide bonds. The van der Waals surface area contributed by atoms with E-state index in [1.165, 1.54) is 17.1 Å². The van der Waals surface area contributed by atoms with Crippen LogP contribution in [0.4, 0.5) is 0 Å². The first-order valence-electron chi connectivity index (χ1n) is 5.02. The topological polar surface area (TPSA) is 37.4 Å². The maximum Gasteiger partial charge on any atom is 0.261 e. The van der Waals surface area contributed by atoms with E-state index < -0.39 is 0 Å². The van der Waals surface area contributed by atoms with E-state index in [0.29, 0.717) is 17.7 Å². The lowest BCUT2D eigenvalue weighted by Gasteiger charge is -2.10. The van der Waals surface area contributed by atoms with Gasteiger partial charge in [-0.25, -0.2) is 0 Å². The molecule has 0 aromatic rings. The summed E-state index contributed by atoms with van der Waals surface area (Å²) < 4.78 is 0. The fourth-order valence-electron chi connectivity index (χ4n) is 1.30. The molecule has 82 valence electrons. The van der Waals surface area contributed by atoms with Gasteiger partial charge in [0, 0.05) is 6.54 Å². The fourth-order valence-corrected chi connectivity index (χ4v) is 1.30. The van der Waals surface area contributed by atoms with Crippen LogP contribution in [-0.4, -0.2) is 23.3 Å². The zero-order valence-corrected chi connectivity index (χ0v) is 9.54. The highest BCUT2D eigenvalue weighted by atomic mass is 16.2. The number of carbonyl (C=O) groups excluding carboxylic acids is 2. The van der Waals surface area contributed by atoms with Crippen LogP contribution in [0.1, 0.15) is 20.8 Å². The van der Waals surface area contributed by atoms with Gasteiger partial charge in [-0.2, -0.15) is 0 Å². The Morgan fingerprint density at radius 1 is 1.07 bits per heavy atom. The lowest BCUT2D eigenvalue weighted by atomic mass is 10.1. The number of hydrogen-bond acceptors (Lipinski definition) is 2. The zero-order chi connectivity index (χ0) is 12.0. The van der Waals surface area contributed by atoms with Crippen molar-refractivity contribution in [3.63, 3.8) is 0 Å². The van der Waals surface area contributed by atoms with Crippen molar-refractivity contribution >= 4 is 11.8 Å². The van der Waals surface area contributed by atoms with E-state index in [4.69, 9.17) is 0 Å². The summed E-state index contributed by atoms with van der Waals surface area (Å²) in [6.45, 7) is 13.1. The van der Waals surface area contributed by atoms with Crippen LogP contribution in [0.15, 0.2) is 36.5 Å². The fraction of sp³-hybridized carbons (Fsp3) is 0.333. The number of hydrogen-bond donors (Lipinski definition) is 0. The molecular weight excluding hydrogens is 190 g/mol. The molecule has 3 nitrogen and oxygen atoms in total. The summed E-state index contributed by atoms with van der Waals surface area (Å²) in [5.74, 6) is -0.560. The molecule has 0 atom stereocenters. The van der Waals surface area contributed by atoms with Crippen molar-refractivity contribution in [3.05, 3.63) is 36.5 Å². The van der Waals surface area contributed by atoms with Crippen molar-refractivity contribution in [1.29, 1.82) is 0 Å². The molecule has 0 saturated carbocycles. The van der Waals surface area contributed by atoms with Crippen molar-refractivity contribution in [3.8, 4) is 0 Å². The Hall–Kier alpha value is -1.64. The van der Waals surface area contributed by atoms with Gasteiger partial charge >= 0.3 is 0 Å². The average Bonchev–Trinajstić information content (AvgIpc) is 2.51. The molecule has 0 unspecified atom stereocenters. The smallest absolute Gasteiger partial charge is 0.261 e. The average molecular weight is 207 g/mol. The van der Waals surface area contributed by atoms with Crippen molar-refractivity contribution in [1.82, 2.24) is 4.90 Å². The third kappa shape index (κ3) is 2.24. The Morgan fingerprint density at radius 2 is 1.40 bits per heavy atom. The Balaban J connectivity index is 0.000000921. The summed E-state index contributed by atoms with van der Waals surface area (Å²) >= 11 is 0. The van der Waals surface area contributed by atoms with E-state index in [2.05, 4.69) is 13.2 Å². The lowest BCUT2D eigenvalue weighted by molar-refractivity contribution is -0.137. The molecule has 0 aromatic carbocycles. The molecule has 0 spiro atoms. The van der Waals surface area contributed by atoms with Crippen LogP contribution in [-0.2, 0) is 9.59 Å². The molecule has 0 aromatic heterocycles. The zero-order valence-electron chi connectivity index (χ0n) is 9.54. The Labute approximate surface area is 90.8 Å². The van der Waals surface area contributed by atoms with Gasteiger partial charge in [0.25, 0.3) is 11.8 Å². The second-order valence-electron chi connectivity index (χ2n) is 2.59. The SMILES string of the molecule is C=CC1=C(C=C)C(=O)N(CC)C1=O.CC. The second kappa shape index (κ2) is 5.96. The van der Waals surface area contributed by atoms with Crippen molar-refractivity contribution in [2.24, 2.45) is 0 Å². The van der Waals surface area contributed by atoms with Crippen LogP contribution in [0, 0.1) is 0 Å². The third-order valence-electron chi connectivity index (χ3n) is 1.97. The minimum atomic E-state index is -0.280. The van der Waals surface area contributed by atoms with Gasteiger partial charge in [-0.1, -0.05) is 39.2 Å². The Morgan fingerprint density at radius 3 is 1.60 bits per heavy atom. The summed E-state index contributed by atoms with van der Waals surface area (Å²) in [6.07, 6.45) is 2.79. The minimum absolute atomic E-state index is 0.280. The Kier molecular flexibility index (Phi) is 5.31. The van der Waals surface area contributed by atoms with Gasteiger partial charge in [0.05, 0.1) is 11.1 Å². The molecule has 0 N–H and O–H groups in total. The van der Waals surface area contributed by atoms with E-state index in [9.17, 15) is 9.59 Å². The van der Waals surface area contributed by atoms with Gasteiger partial charge in [-0.3, -0.25) is 14.5 Å². The van der Waals surface area contributed by atoms with Gasteiger partial charge < -0.3 is 0 Å². The number of imide groups is 1. The summed E-state index contributed by atoms with van der Waals surface area (Å²) in [5, 5.41) is 0. The van der Waals surface area contributed by atoms with Crippen LogP contribution < -0.4 is 0 Å². The molecular formula is C12H17NO2. The standard InChI is InChI=1S/C10H11NO2.C2H6/c1-4-7-8(5-2)10(13)11(6-3)9(7)12;1-2/h4-5H,1-2,6H2,3H3;1-2H3. The van der Waals surface area contributed by atoms with Gasteiger partial charge in [-0.15, -0.1) is 0 Å². The number of likely N-dealkylation sites (N-methyl/N-ethyl adjacent to an activating group) is 1. The monoisotopic (exact) mass is 207 g/mol. The van der Waals surface area contributed by atoms with Crippen molar-refractivity contribution in [2.45, 2.75) is 20.8 Å². The highest BCUT2D eigenvalue weighted by Gasteiger charge is 2.33. The van der Waals surface area contributed by atoms with Gasteiger partial charge in [0.15, 0.2) is 0 Å². The number of amides is 2. The molecule has 1 rings (SSSR count). The van der Waals surface area contributed by atoms with E-state index in [1.807, 2.05) is 13.8 Å². The van der Waals surface area contributed by atoms with Gasteiger partial charge in [0.2, 0.25) is 0 Å². The van der Waals surface area contributed by atoms with Gasteiger partial charge in [-0.05, 0) is 6.92 Å². The predicted octanol–water partition coefficient (Wildman–Crippen LogP) is 2.07. The first-order valence-corrected chi connectivity index (χ1v) is 5.02. The Bertz CT molecular complexity index is 297. The number of carbonyl (C=O) groups is 2. The molecule has 1 aliphatic rings. The normalized spacial score (nSPS) is 15.0. The highest BCUT2D eigenvalue weighted by Crippen LogP contribution is 2.21. The molecule has 15 heavy (non-hydrogen) atoms. The summed E-state index contributed by atoms with van der Waals surface area (Å²) in [6, 6.07) is 0. The van der Waals surface area contributed by atoms with Gasteiger partial charge in [0.1, 0.15) is 0 Å². The first kappa shape index (κ1) is 13.4. The van der Waals surface area contributed by atoms with E-state index in [1.54, 1.807) is 6.92 Å². The molecule has 0 bridgehead atoms. The van der Waals surface area contributed by atoms with Crippen LogP contribution >= 0.6 is 0 Å². The first-order chi connectivity index (χ1) is 7.17. The lowest BCUT2D eigenvalue weighted by Crippen LogP contribution is -2.31. The van der Waals surface area contributed by atoms with Crippen LogP contribution in [0.5, 0.6) is 0 Å². The summed E-state index contributed by atoms with van der Waals surface area (Å²) in [4.78, 5) is 24.1. The molecule has 0 fully saturated rings. The maximum absolute atomic E-state index is 11.5. The molecule has 0 aliphatic carbocycles. The second-order valence-corrected chi connectivity index (χ2v) is 2.59. The summed E-state index contributed by atoms with van der Waals surface area (Å²) in [5.41, 5.74) is 0.698. The largest absolute Gasteiger partial charge is 0.275 e. The summed E-state index contributed by atoms with van der Waals surface area (Å²) in [7, 11) is 0. The quantitative estimate of drug-likeness (QED) is 0.664. The van der Waals surface area contributed by atoms with Crippen LogP contribution in [0.3, 0.4) is 0 Å². The van der Waals surface area contributed by atoms with Crippen molar-refractivity contribution < 1.29 is 9.59 Å².